The third kappa shape index (κ3) is 3.89. The quantitative estimate of drug-likeness (QED) is 0.887. The number of ether oxygens (including phenoxy) is 2. The second kappa shape index (κ2) is 6.65. The molecule has 0 radical (unpaired) electrons. The lowest BCUT2D eigenvalue weighted by molar-refractivity contribution is -0.115. The molecule has 0 unspecified atom stereocenters. The van der Waals surface area contributed by atoms with Crippen molar-refractivity contribution in [1.29, 1.82) is 0 Å². The number of anilines is 1. The van der Waals surface area contributed by atoms with Crippen molar-refractivity contribution in [2.45, 2.75) is 6.42 Å². The highest BCUT2D eigenvalue weighted by atomic mass is 16.5. The fourth-order valence-electron chi connectivity index (χ4n) is 1.90. The summed E-state index contributed by atoms with van der Waals surface area (Å²) in [4.78, 5) is 12.0. The molecule has 0 aromatic heterocycles. The molecule has 0 aliphatic carbocycles. The largest absolute Gasteiger partial charge is 0.508 e. The van der Waals surface area contributed by atoms with Crippen molar-refractivity contribution < 1.29 is 19.4 Å². The number of methoxy groups -OCH3 is 2. The van der Waals surface area contributed by atoms with Gasteiger partial charge in [0.1, 0.15) is 17.2 Å². The summed E-state index contributed by atoms with van der Waals surface area (Å²) < 4.78 is 10.3. The van der Waals surface area contributed by atoms with E-state index in [0.717, 1.165) is 5.56 Å². The maximum absolute atomic E-state index is 12.0. The van der Waals surface area contributed by atoms with Gasteiger partial charge in [-0.25, -0.2) is 0 Å². The first-order valence-electron chi connectivity index (χ1n) is 6.42. The van der Waals surface area contributed by atoms with Crippen LogP contribution in [0.2, 0.25) is 0 Å². The molecule has 0 fully saturated rings. The Kier molecular flexibility index (Phi) is 4.66. The van der Waals surface area contributed by atoms with E-state index in [-0.39, 0.29) is 18.1 Å². The molecule has 0 saturated carbocycles. The first kappa shape index (κ1) is 14.7. The van der Waals surface area contributed by atoms with Gasteiger partial charge in [0.05, 0.1) is 26.3 Å². The molecule has 0 atom stereocenters. The Morgan fingerprint density at radius 2 is 1.81 bits per heavy atom. The third-order valence-corrected chi connectivity index (χ3v) is 2.98. The fourth-order valence-corrected chi connectivity index (χ4v) is 1.90. The summed E-state index contributed by atoms with van der Waals surface area (Å²) in [5.74, 6) is 1.21. The number of nitrogens with one attached hydrogen (secondary N) is 1. The molecule has 0 aliphatic heterocycles. The maximum atomic E-state index is 12.0. The average Bonchev–Trinajstić information content (AvgIpc) is 2.50. The van der Waals surface area contributed by atoms with Crippen LogP contribution in [0, 0.1) is 0 Å². The Labute approximate surface area is 123 Å². The molecule has 110 valence electrons. The first-order chi connectivity index (χ1) is 10.1. The van der Waals surface area contributed by atoms with Gasteiger partial charge in [0, 0.05) is 6.07 Å². The van der Waals surface area contributed by atoms with Crippen LogP contribution < -0.4 is 14.8 Å². The zero-order valence-electron chi connectivity index (χ0n) is 11.9. The van der Waals surface area contributed by atoms with Crippen LogP contribution in [0.1, 0.15) is 5.56 Å². The molecule has 5 nitrogen and oxygen atoms in total. The van der Waals surface area contributed by atoms with Crippen LogP contribution in [0.3, 0.4) is 0 Å². The van der Waals surface area contributed by atoms with Crippen LogP contribution in [0.15, 0.2) is 42.5 Å². The highest BCUT2D eigenvalue weighted by Gasteiger charge is 2.09. The van der Waals surface area contributed by atoms with E-state index in [1.54, 1.807) is 49.6 Å². The lowest BCUT2D eigenvalue weighted by Crippen LogP contribution is -2.15. The van der Waals surface area contributed by atoms with Crippen LogP contribution in [0.25, 0.3) is 0 Å². The summed E-state index contributed by atoms with van der Waals surface area (Å²) in [6, 6.07) is 11.7. The summed E-state index contributed by atoms with van der Waals surface area (Å²) in [5.41, 5.74) is 1.40. The number of hydrogen-bond acceptors (Lipinski definition) is 4. The van der Waals surface area contributed by atoms with Crippen LogP contribution >= 0.6 is 0 Å². The van der Waals surface area contributed by atoms with Crippen LogP contribution in [0.4, 0.5) is 5.69 Å². The average molecular weight is 287 g/mol. The topological polar surface area (TPSA) is 67.8 Å². The molecule has 2 rings (SSSR count). The molecule has 2 aromatic rings. The number of carbonyl (C=O) groups excluding carboxylic acids is 1. The Bertz CT molecular complexity index is 623. The van der Waals surface area contributed by atoms with Crippen molar-refractivity contribution in [3.63, 3.8) is 0 Å². The van der Waals surface area contributed by atoms with Gasteiger partial charge < -0.3 is 19.9 Å². The van der Waals surface area contributed by atoms with Crippen LogP contribution in [-0.4, -0.2) is 25.2 Å². The number of hydrogen-bond donors (Lipinski definition) is 2. The number of rotatable bonds is 5. The molecular weight excluding hydrogens is 270 g/mol. The second-order valence-electron chi connectivity index (χ2n) is 4.46. The van der Waals surface area contributed by atoms with Crippen molar-refractivity contribution in [1.82, 2.24) is 0 Å². The van der Waals surface area contributed by atoms with Crippen LogP contribution in [0.5, 0.6) is 17.2 Å². The van der Waals surface area contributed by atoms with Gasteiger partial charge in [0.25, 0.3) is 0 Å². The Balaban J connectivity index is 2.07. The monoisotopic (exact) mass is 287 g/mol. The molecule has 2 aromatic carbocycles. The van der Waals surface area contributed by atoms with Gasteiger partial charge >= 0.3 is 0 Å². The summed E-state index contributed by atoms with van der Waals surface area (Å²) in [6.07, 6.45) is 0.218. The minimum Gasteiger partial charge on any atom is -0.508 e. The Morgan fingerprint density at radius 3 is 2.43 bits per heavy atom. The standard InChI is InChI=1S/C16H17NO4/c1-20-13-7-8-14(15(10-13)21-2)17-16(19)9-11-3-5-12(18)6-4-11/h3-8,10,18H,9H2,1-2H3,(H,17,19). The van der Waals surface area contributed by atoms with Crippen LogP contribution in [-0.2, 0) is 11.2 Å². The van der Waals surface area contributed by atoms with E-state index >= 15 is 0 Å². The van der Waals surface area contributed by atoms with E-state index < -0.39 is 0 Å². The summed E-state index contributed by atoms with van der Waals surface area (Å²) in [5, 5.41) is 12.0. The van der Waals surface area contributed by atoms with Crippen molar-refractivity contribution in [2.24, 2.45) is 0 Å². The van der Waals surface area contributed by atoms with Gasteiger partial charge in [-0.1, -0.05) is 12.1 Å². The van der Waals surface area contributed by atoms with Crippen molar-refractivity contribution in [2.75, 3.05) is 19.5 Å². The lowest BCUT2D eigenvalue weighted by Gasteiger charge is -2.11. The van der Waals surface area contributed by atoms with E-state index in [1.165, 1.54) is 7.11 Å². The number of amides is 1. The smallest absolute Gasteiger partial charge is 0.228 e. The Morgan fingerprint density at radius 1 is 1.10 bits per heavy atom. The molecule has 0 saturated heterocycles. The summed E-state index contributed by atoms with van der Waals surface area (Å²) in [7, 11) is 3.10. The minimum absolute atomic E-state index is 0.163. The first-order valence-corrected chi connectivity index (χ1v) is 6.42. The molecule has 5 heteroatoms. The normalized spacial score (nSPS) is 10.0. The number of aromatic hydroxyl groups is 1. The third-order valence-electron chi connectivity index (χ3n) is 2.98. The van der Waals surface area contributed by atoms with Gasteiger partial charge in [-0.15, -0.1) is 0 Å². The van der Waals surface area contributed by atoms with E-state index in [1.807, 2.05) is 0 Å². The highest BCUT2D eigenvalue weighted by molar-refractivity contribution is 5.93. The van der Waals surface area contributed by atoms with E-state index in [2.05, 4.69) is 5.32 Å². The molecule has 21 heavy (non-hydrogen) atoms. The number of benzene rings is 2. The molecule has 1 amide bonds. The predicted molar refractivity (Wildman–Crippen MR) is 80.0 cm³/mol. The Hall–Kier alpha value is -2.69. The predicted octanol–water partition coefficient (Wildman–Crippen LogP) is 2.59. The van der Waals surface area contributed by atoms with Gasteiger partial charge in [-0.2, -0.15) is 0 Å². The number of phenols is 1. The van der Waals surface area contributed by atoms with Crippen molar-refractivity contribution >= 4 is 11.6 Å². The molecule has 2 N–H and O–H groups in total. The van der Waals surface area contributed by atoms with E-state index in [4.69, 9.17) is 9.47 Å². The van der Waals surface area contributed by atoms with E-state index in [9.17, 15) is 9.90 Å². The molecule has 0 heterocycles. The van der Waals surface area contributed by atoms with Gasteiger partial charge in [0.2, 0.25) is 5.91 Å². The minimum atomic E-state index is -0.163. The molecular formula is C16H17NO4. The summed E-state index contributed by atoms with van der Waals surface area (Å²) in [6.45, 7) is 0. The molecule has 0 bridgehead atoms. The molecule has 0 aliphatic rings. The summed E-state index contributed by atoms with van der Waals surface area (Å²) >= 11 is 0. The SMILES string of the molecule is COc1ccc(NC(=O)Cc2ccc(O)cc2)c(OC)c1. The fraction of sp³-hybridized carbons (Fsp3) is 0.188. The second-order valence-corrected chi connectivity index (χ2v) is 4.46. The molecule has 0 spiro atoms. The zero-order valence-corrected chi connectivity index (χ0v) is 11.9. The van der Waals surface area contributed by atoms with Crippen molar-refractivity contribution in [3.8, 4) is 17.2 Å². The van der Waals surface area contributed by atoms with Gasteiger partial charge in [0.15, 0.2) is 0 Å². The van der Waals surface area contributed by atoms with E-state index in [0.29, 0.717) is 17.2 Å². The zero-order chi connectivity index (χ0) is 15.2. The number of phenolic OH excluding ortho intramolecular Hbond substituents is 1. The van der Waals surface area contributed by atoms with Crippen molar-refractivity contribution in [3.05, 3.63) is 48.0 Å². The number of carbonyl (C=O) groups is 1. The van der Waals surface area contributed by atoms with Gasteiger partial charge in [-0.05, 0) is 29.8 Å². The van der Waals surface area contributed by atoms with Gasteiger partial charge in [-0.3, -0.25) is 4.79 Å². The lowest BCUT2D eigenvalue weighted by atomic mass is 10.1. The maximum Gasteiger partial charge on any atom is 0.228 e. The highest BCUT2D eigenvalue weighted by Crippen LogP contribution is 2.29.